The molecule has 1 N–H and O–H groups in total. The van der Waals surface area contributed by atoms with Crippen LogP contribution in [-0.4, -0.2) is 32.9 Å². The number of carbonyl (C=O) groups is 1. The van der Waals surface area contributed by atoms with Crippen LogP contribution in [0.2, 0.25) is 0 Å². The van der Waals surface area contributed by atoms with Gasteiger partial charge in [0.25, 0.3) is 5.91 Å². The summed E-state index contributed by atoms with van der Waals surface area (Å²) in [6, 6.07) is 11.4. The minimum absolute atomic E-state index is 0.152. The molecular formula is C20H22N2O4. The molecule has 0 unspecified atom stereocenters. The molecule has 0 saturated heterocycles. The number of carbonyl (C=O) groups excluding carboxylic acids is 1. The first-order valence-electron chi connectivity index (χ1n) is 8.48. The summed E-state index contributed by atoms with van der Waals surface area (Å²) in [7, 11) is 3.15. The quantitative estimate of drug-likeness (QED) is 0.612. The first-order valence-corrected chi connectivity index (χ1v) is 8.48. The summed E-state index contributed by atoms with van der Waals surface area (Å²) in [4.78, 5) is 17.0. The average molecular weight is 354 g/mol. The highest BCUT2D eigenvalue weighted by Gasteiger charge is 2.12. The van der Waals surface area contributed by atoms with E-state index in [0.717, 1.165) is 24.1 Å². The number of aryl methyl sites for hydroxylation is 2. The topological polar surface area (TPSA) is 69.2 Å². The number of nitrogens with zero attached hydrogens (tertiary/aromatic N) is 1. The number of anilines is 1. The number of fused-ring (bicyclic) bond motifs is 1. The van der Waals surface area contributed by atoms with E-state index in [1.54, 1.807) is 26.4 Å². The molecular weight excluding hydrogens is 332 g/mol. The Labute approximate surface area is 152 Å². The summed E-state index contributed by atoms with van der Waals surface area (Å²) in [6.07, 6.45) is 4.90. The number of rotatable bonds is 7. The van der Waals surface area contributed by atoms with Gasteiger partial charge in [0.2, 0.25) is 0 Å². The third-order valence-corrected chi connectivity index (χ3v) is 4.26. The number of ether oxygens (including phenoxy) is 2. The van der Waals surface area contributed by atoms with E-state index in [9.17, 15) is 4.79 Å². The lowest BCUT2D eigenvalue weighted by molar-refractivity contribution is -0.120. The lowest BCUT2D eigenvalue weighted by Gasteiger charge is -2.07. The maximum atomic E-state index is 12.0. The van der Waals surface area contributed by atoms with Gasteiger partial charge in [0.05, 0.1) is 20.4 Å². The van der Waals surface area contributed by atoms with Crippen LogP contribution in [-0.2, 0) is 22.5 Å². The normalized spacial score (nSPS) is 12.7. The van der Waals surface area contributed by atoms with E-state index < -0.39 is 0 Å². The molecule has 1 aliphatic carbocycles. The van der Waals surface area contributed by atoms with Crippen molar-refractivity contribution in [3.05, 3.63) is 53.1 Å². The highest BCUT2D eigenvalue weighted by molar-refractivity contribution is 5.92. The Balaban J connectivity index is 1.49. The van der Waals surface area contributed by atoms with Crippen LogP contribution in [0.25, 0.3) is 0 Å². The van der Waals surface area contributed by atoms with Gasteiger partial charge in [-0.25, -0.2) is 0 Å². The lowest BCUT2D eigenvalue weighted by Crippen LogP contribution is -2.17. The molecule has 0 atom stereocenters. The highest BCUT2D eigenvalue weighted by Crippen LogP contribution is 2.27. The molecule has 0 saturated carbocycles. The zero-order chi connectivity index (χ0) is 18.4. The maximum Gasteiger partial charge on any atom is 0.265 e. The predicted octanol–water partition coefficient (Wildman–Crippen LogP) is 3.18. The Morgan fingerprint density at radius 2 is 1.88 bits per heavy atom. The molecule has 2 aromatic rings. The van der Waals surface area contributed by atoms with E-state index in [1.165, 1.54) is 23.8 Å². The molecule has 2 aromatic carbocycles. The molecule has 6 heteroatoms. The molecule has 0 aliphatic heterocycles. The summed E-state index contributed by atoms with van der Waals surface area (Å²) in [5, 5.41) is 6.66. The van der Waals surface area contributed by atoms with Gasteiger partial charge in [-0.05, 0) is 60.7 Å². The first kappa shape index (κ1) is 17.8. The van der Waals surface area contributed by atoms with Gasteiger partial charge in [0.15, 0.2) is 18.1 Å². The van der Waals surface area contributed by atoms with Gasteiger partial charge in [0, 0.05) is 11.3 Å². The zero-order valence-corrected chi connectivity index (χ0v) is 15.0. The SMILES string of the molecule is COc1ccc(/C=N\OCC(=O)Nc2ccc3c(c2)CCC3)cc1OC. The van der Waals surface area contributed by atoms with Crippen LogP contribution in [0.3, 0.4) is 0 Å². The molecule has 1 amide bonds. The second-order valence-electron chi connectivity index (χ2n) is 6.01. The summed E-state index contributed by atoms with van der Waals surface area (Å²) in [5.74, 6) is 0.998. The van der Waals surface area contributed by atoms with E-state index in [4.69, 9.17) is 14.3 Å². The van der Waals surface area contributed by atoms with Gasteiger partial charge in [-0.1, -0.05) is 11.2 Å². The second-order valence-corrected chi connectivity index (χ2v) is 6.01. The van der Waals surface area contributed by atoms with Crippen LogP contribution in [0.4, 0.5) is 5.69 Å². The van der Waals surface area contributed by atoms with Crippen molar-refractivity contribution >= 4 is 17.8 Å². The number of nitrogens with one attached hydrogen (secondary N) is 1. The van der Waals surface area contributed by atoms with Gasteiger partial charge in [-0.3, -0.25) is 4.79 Å². The van der Waals surface area contributed by atoms with E-state index in [-0.39, 0.29) is 12.5 Å². The molecule has 0 aromatic heterocycles. The van der Waals surface area contributed by atoms with E-state index in [1.807, 2.05) is 18.2 Å². The summed E-state index contributed by atoms with van der Waals surface area (Å²) >= 11 is 0. The maximum absolute atomic E-state index is 12.0. The number of hydrogen-bond donors (Lipinski definition) is 1. The predicted molar refractivity (Wildman–Crippen MR) is 100 cm³/mol. The van der Waals surface area contributed by atoms with Crippen LogP contribution in [0.15, 0.2) is 41.6 Å². The molecule has 0 fully saturated rings. The third-order valence-electron chi connectivity index (χ3n) is 4.26. The van der Waals surface area contributed by atoms with Gasteiger partial charge >= 0.3 is 0 Å². The third kappa shape index (κ3) is 4.33. The summed E-state index contributed by atoms with van der Waals surface area (Å²) < 4.78 is 10.4. The van der Waals surface area contributed by atoms with Gasteiger partial charge in [0.1, 0.15) is 0 Å². The minimum atomic E-state index is -0.243. The first-order chi connectivity index (χ1) is 12.7. The Morgan fingerprint density at radius 3 is 2.69 bits per heavy atom. The fourth-order valence-electron chi connectivity index (χ4n) is 2.97. The van der Waals surface area contributed by atoms with Crippen molar-refractivity contribution in [3.8, 4) is 11.5 Å². The molecule has 0 spiro atoms. The lowest BCUT2D eigenvalue weighted by atomic mass is 10.1. The Bertz CT molecular complexity index is 817. The van der Waals surface area contributed by atoms with Crippen molar-refractivity contribution in [2.24, 2.45) is 5.16 Å². The highest BCUT2D eigenvalue weighted by atomic mass is 16.6. The molecule has 0 bridgehead atoms. The summed E-state index contributed by atoms with van der Waals surface area (Å²) in [5.41, 5.74) is 4.26. The van der Waals surface area contributed by atoms with Crippen molar-refractivity contribution in [1.29, 1.82) is 0 Å². The van der Waals surface area contributed by atoms with Gasteiger partial charge < -0.3 is 19.6 Å². The molecule has 6 nitrogen and oxygen atoms in total. The number of oxime groups is 1. The largest absolute Gasteiger partial charge is 0.493 e. The van der Waals surface area contributed by atoms with Crippen molar-refractivity contribution in [2.75, 3.05) is 26.1 Å². The van der Waals surface area contributed by atoms with E-state index >= 15 is 0 Å². The Morgan fingerprint density at radius 1 is 1.08 bits per heavy atom. The standard InChI is InChI=1S/C20H22N2O4/c1-24-18-9-6-14(10-19(18)25-2)12-21-26-13-20(23)22-17-8-7-15-4-3-5-16(15)11-17/h6-12H,3-5,13H2,1-2H3,(H,22,23)/b21-12-. The fourth-order valence-corrected chi connectivity index (χ4v) is 2.97. The van der Waals surface area contributed by atoms with Crippen molar-refractivity contribution in [3.63, 3.8) is 0 Å². The molecule has 3 rings (SSSR count). The number of methoxy groups -OCH3 is 2. The van der Waals surface area contributed by atoms with Crippen LogP contribution < -0.4 is 14.8 Å². The monoisotopic (exact) mass is 354 g/mol. The second kappa shape index (κ2) is 8.38. The molecule has 0 radical (unpaired) electrons. The van der Waals surface area contributed by atoms with E-state index in [0.29, 0.717) is 11.5 Å². The zero-order valence-electron chi connectivity index (χ0n) is 15.0. The van der Waals surface area contributed by atoms with Crippen molar-refractivity contribution in [2.45, 2.75) is 19.3 Å². The van der Waals surface area contributed by atoms with Crippen molar-refractivity contribution < 1.29 is 19.1 Å². The number of benzene rings is 2. The molecule has 1 aliphatic rings. The van der Waals surface area contributed by atoms with Gasteiger partial charge in [-0.15, -0.1) is 0 Å². The average Bonchev–Trinajstić information content (AvgIpc) is 3.12. The minimum Gasteiger partial charge on any atom is -0.493 e. The van der Waals surface area contributed by atoms with Crippen LogP contribution >= 0.6 is 0 Å². The van der Waals surface area contributed by atoms with Crippen LogP contribution in [0.1, 0.15) is 23.1 Å². The number of amides is 1. The molecule has 26 heavy (non-hydrogen) atoms. The number of hydrogen-bond acceptors (Lipinski definition) is 5. The Hall–Kier alpha value is -3.02. The van der Waals surface area contributed by atoms with Crippen LogP contribution in [0.5, 0.6) is 11.5 Å². The summed E-state index contributed by atoms with van der Waals surface area (Å²) in [6.45, 7) is -0.152. The Kier molecular flexibility index (Phi) is 5.73. The van der Waals surface area contributed by atoms with Crippen LogP contribution in [0, 0.1) is 0 Å². The molecule has 136 valence electrons. The fraction of sp³-hybridized carbons (Fsp3) is 0.300. The van der Waals surface area contributed by atoms with E-state index in [2.05, 4.69) is 16.5 Å². The van der Waals surface area contributed by atoms with Gasteiger partial charge in [-0.2, -0.15) is 0 Å². The van der Waals surface area contributed by atoms with Crippen molar-refractivity contribution in [1.82, 2.24) is 0 Å². The molecule has 0 heterocycles. The smallest absolute Gasteiger partial charge is 0.265 e.